The number of anilines is 1. The molecule has 0 aromatic heterocycles. The Balaban J connectivity index is 1.91. The van der Waals surface area contributed by atoms with Gasteiger partial charge in [0.1, 0.15) is 11.8 Å². The van der Waals surface area contributed by atoms with Crippen LogP contribution in [0.3, 0.4) is 0 Å². The molecule has 2 amide bonds. The Bertz CT molecular complexity index is 948. The number of para-hydroxylation sites is 2. The van der Waals surface area contributed by atoms with Crippen LogP contribution in [0, 0.1) is 0 Å². The summed E-state index contributed by atoms with van der Waals surface area (Å²) in [7, 11) is -3.46. The van der Waals surface area contributed by atoms with E-state index in [4.69, 9.17) is 4.74 Å². The third kappa shape index (κ3) is 7.46. The second kappa shape index (κ2) is 9.92. The van der Waals surface area contributed by atoms with E-state index in [0.717, 1.165) is 6.26 Å². The van der Waals surface area contributed by atoms with E-state index in [1.807, 2.05) is 6.07 Å². The van der Waals surface area contributed by atoms with Crippen molar-refractivity contribution < 1.29 is 22.7 Å². The Morgan fingerprint density at radius 1 is 0.966 bits per heavy atom. The molecule has 0 unspecified atom stereocenters. The predicted octanol–water partition coefficient (Wildman–Crippen LogP) is 1.82. The van der Waals surface area contributed by atoms with E-state index >= 15 is 0 Å². The first-order chi connectivity index (χ1) is 13.7. The molecule has 2 atom stereocenters. The molecule has 9 heteroatoms. The molecular weight excluding hydrogens is 394 g/mol. The molecule has 0 heterocycles. The lowest BCUT2D eigenvalue weighted by molar-refractivity contribution is -0.129. The largest absolute Gasteiger partial charge is 0.484 e. The fourth-order valence-electron chi connectivity index (χ4n) is 2.60. The summed E-state index contributed by atoms with van der Waals surface area (Å²) >= 11 is 0. The standard InChI is InChI=1S/C20H25N3O5S/c1-14(17-11-7-8-12-18(17)23-29(3,26)27)22-20(25)15(2)21-19(24)13-28-16-9-5-4-6-10-16/h4-12,14-15,23H,13H2,1-3H3,(H,21,24)(H,22,25)/t14-,15+/m0/s1. The van der Waals surface area contributed by atoms with Gasteiger partial charge in [0.05, 0.1) is 18.0 Å². The van der Waals surface area contributed by atoms with Crippen molar-refractivity contribution in [3.05, 3.63) is 60.2 Å². The van der Waals surface area contributed by atoms with Crippen LogP contribution in [-0.4, -0.2) is 39.1 Å². The number of hydrogen-bond acceptors (Lipinski definition) is 5. The van der Waals surface area contributed by atoms with Crippen LogP contribution in [0.4, 0.5) is 5.69 Å². The van der Waals surface area contributed by atoms with E-state index in [1.165, 1.54) is 0 Å². The molecule has 0 aliphatic carbocycles. The quantitative estimate of drug-likeness (QED) is 0.574. The van der Waals surface area contributed by atoms with Crippen molar-refractivity contribution in [1.82, 2.24) is 10.6 Å². The van der Waals surface area contributed by atoms with Gasteiger partial charge in [0.25, 0.3) is 5.91 Å². The van der Waals surface area contributed by atoms with Crippen LogP contribution in [0.25, 0.3) is 0 Å². The number of nitrogens with one attached hydrogen (secondary N) is 3. The first kappa shape index (κ1) is 22.2. The van der Waals surface area contributed by atoms with Crippen LogP contribution in [-0.2, 0) is 19.6 Å². The summed E-state index contributed by atoms with van der Waals surface area (Å²) in [6, 6.07) is 14.4. The van der Waals surface area contributed by atoms with Crippen molar-refractivity contribution in [3.63, 3.8) is 0 Å². The highest BCUT2D eigenvalue weighted by Crippen LogP contribution is 2.23. The fourth-order valence-corrected chi connectivity index (χ4v) is 3.18. The van der Waals surface area contributed by atoms with Crippen molar-refractivity contribution in [3.8, 4) is 5.75 Å². The smallest absolute Gasteiger partial charge is 0.258 e. The van der Waals surface area contributed by atoms with Gasteiger partial charge in [0, 0.05) is 0 Å². The molecule has 29 heavy (non-hydrogen) atoms. The van der Waals surface area contributed by atoms with Crippen LogP contribution in [0.1, 0.15) is 25.5 Å². The minimum Gasteiger partial charge on any atom is -0.484 e. The first-order valence-electron chi connectivity index (χ1n) is 9.00. The number of hydrogen-bond donors (Lipinski definition) is 3. The highest BCUT2D eigenvalue weighted by molar-refractivity contribution is 7.92. The number of carbonyl (C=O) groups excluding carboxylic acids is 2. The maximum Gasteiger partial charge on any atom is 0.258 e. The van der Waals surface area contributed by atoms with Crippen LogP contribution in [0.2, 0.25) is 0 Å². The van der Waals surface area contributed by atoms with Gasteiger partial charge >= 0.3 is 0 Å². The zero-order valence-corrected chi connectivity index (χ0v) is 17.3. The molecular formula is C20H25N3O5S. The molecule has 0 bridgehead atoms. The summed E-state index contributed by atoms with van der Waals surface area (Å²) in [6.45, 7) is 3.08. The second-order valence-electron chi connectivity index (χ2n) is 6.58. The number of amides is 2. The van der Waals surface area contributed by atoms with Crippen LogP contribution < -0.4 is 20.1 Å². The summed E-state index contributed by atoms with van der Waals surface area (Å²) in [5.74, 6) is -0.272. The Labute approximate surface area is 170 Å². The summed E-state index contributed by atoms with van der Waals surface area (Å²) in [6.07, 6.45) is 1.06. The van der Waals surface area contributed by atoms with Crippen LogP contribution in [0.15, 0.2) is 54.6 Å². The van der Waals surface area contributed by atoms with E-state index < -0.39 is 33.9 Å². The number of sulfonamides is 1. The summed E-state index contributed by atoms with van der Waals surface area (Å²) in [5, 5.41) is 5.34. The highest BCUT2D eigenvalue weighted by Gasteiger charge is 2.20. The van der Waals surface area contributed by atoms with Gasteiger partial charge in [0.15, 0.2) is 6.61 Å². The van der Waals surface area contributed by atoms with Crippen molar-refractivity contribution in [1.29, 1.82) is 0 Å². The zero-order chi connectivity index (χ0) is 21.4. The third-order valence-electron chi connectivity index (χ3n) is 3.97. The average molecular weight is 420 g/mol. The monoisotopic (exact) mass is 419 g/mol. The molecule has 0 saturated heterocycles. The number of benzene rings is 2. The van der Waals surface area contributed by atoms with Crippen molar-refractivity contribution in [2.45, 2.75) is 25.9 Å². The molecule has 0 aliphatic rings. The number of rotatable bonds is 9. The summed E-state index contributed by atoms with van der Waals surface area (Å²) in [5.41, 5.74) is 0.993. The van der Waals surface area contributed by atoms with Gasteiger partial charge in [-0.25, -0.2) is 8.42 Å². The maximum absolute atomic E-state index is 12.4. The zero-order valence-electron chi connectivity index (χ0n) is 16.5. The van der Waals surface area contributed by atoms with E-state index in [1.54, 1.807) is 62.4 Å². The highest BCUT2D eigenvalue weighted by atomic mass is 32.2. The minimum atomic E-state index is -3.46. The molecule has 0 spiro atoms. The predicted molar refractivity (Wildman–Crippen MR) is 111 cm³/mol. The Morgan fingerprint density at radius 2 is 1.59 bits per heavy atom. The summed E-state index contributed by atoms with van der Waals surface area (Å²) < 4.78 is 30.9. The van der Waals surface area contributed by atoms with Gasteiger partial charge in [0.2, 0.25) is 15.9 Å². The first-order valence-corrected chi connectivity index (χ1v) is 10.9. The molecule has 156 valence electrons. The second-order valence-corrected chi connectivity index (χ2v) is 8.33. The van der Waals surface area contributed by atoms with Gasteiger partial charge < -0.3 is 15.4 Å². The molecule has 2 aromatic carbocycles. The van der Waals surface area contributed by atoms with E-state index in [2.05, 4.69) is 15.4 Å². The topological polar surface area (TPSA) is 114 Å². The Kier molecular flexibility index (Phi) is 7.60. The van der Waals surface area contributed by atoms with E-state index in [0.29, 0.717) is 17.0 Å². The summed E-state index contributed by atoms with van der Waals surface area (Å²) in [4.78, 5) is 24.4. The molecule has 3 N–H and O–H groups in total. The lowest BCUT2D eigenvalue weighted by atomic mass is 10.1. The average Bonchev–Trinajstić information content (AvgIpc) is 2.66. The lowest BCUT2D eigenvalue weighted by Crippen LogP contribution is -2.46. The van der Waals surface area contributed by atoms with E-state index in [-0.39, 0.29) is 6.61 Å². The molecule has 0 aliphatic heterocycles. The molecule has 0 fully saturated rings. The van der Waals surface area contributed by atoms with Gasteiger partial charge in [-0.1, -0.05) is 36.4 Å². The molecule has 0 radical (unpaired) electrons. The molecule has 2 rings (SSSR count). The lowest BCUT2D eigenvalue weighted by Gasteiger charge is -2.21. The van der Waals surface area contributed by atoms with Gasteiger partial charge in [-0.15, -0.1) is 0 Å². The normalized spacial score (nSPS) is 13.1. The van der Waals surface area contributed by atoms with Crippen LogP contribution >= 0.6 is 0 Å². The Hall–Kier alpha value is -3.07. The number of ether oxygens (including phenoxy) is 1. The fraction of sp³-hybridized carbons (Fsp3) is 0.300. The number of carbonyl (C=O) groups is 2. The van der Waals surface area contributed by atoms with Gasteiger partial charge in [-0.3, -0.25) is 14.3 Å². The van der Waals surface area contributed by atoms with Crippen molar-refractivity contribution >= 4 is 27.5 Å². The molecule has 2 aromatic rings. The van der Waals surface area contributed by atoms with Crippen LogP contribution in [0.5, 0.6) is 5.75 Å². The van der Waals surface area contributed by atoms with E-state index in [9.17, 15) is 18.0 Å². The third-order valence-corrected chi connectivity index (χ3v) is 4.56. The molecule has 8 nitrogen and oxygen atoms in total. The maximum atomic E-state index is 12.4. The van der Waals surface area contributed by atoms with Crippen molar-refractivity contribution in [2.75, 3.05) is 17.6 Å². The minimum absolute atomic E-state index is 0.210. The van der Waals surface area contributed by atoms with Gasteiger partial charge in [-0.2, -0.15) is 0 Å². The van der Waals surface area contributed by atoms with Crippen molar-refractivity contribution in [2.24, 2.45) is 0 Å². The molecule has 0 saturated carbocycles. The van der Waals surface area contributed by atoms with Gasteiger partial charge in [-0.05, 0) is 37.6 Å². The SMILES string of the molecule is C[C@H](NC(=O)[C@@H](C)NC(=O)COc1ccccc1)c1ccccc1NS(C)(=O)=O. The Morgan fingerprint density at radius 3 is 2.24 bits per heavy atom.